The van der Waals surface area contributed by atoms with E-state index in [1.54, 1.807) is 0 Å². The number of fused-ring (bicyclic) bond motifs is 2. The molecule has 2 unspecified atom stereocenters. The Balaban J connectivity index is 1.29. The maximum atomic E-state index is 6.06. The molecule has 2 heterocycles. The Hall–Kier alpha value is -6.70. The van der Waals surface area contributed by atoms with Crippen LogP contribution in [-0.2, 0) is 0 Å². The smallest absolute Gasteiger partial charge is 0.159 e. The van der Waals surface area contributed by atoms with E-state index in [2.05, 4.69) is 139 Å². The zero-order valence-corrected chi connectivity index (χ0v) is 29.2. The molecule has 250 valence electrons. The predicted octanol–water partition coefficient (Wildman–Crippen LogP) is 8.36. The highest BCUT2D eigenvalue weighted by Crippen LogP contribution is 2.34. The molecule has 0 amide bonds. The van der Waals surface area contributed by atoms with E-state index in [0.29, 0.717) is 11.7 Å². The number of aliphatic imine (C=N–C) groups is 2. The van der Waals surface area contributed by atoms with Crippen molar-refractivity contribution in [3.63, 3.8) is 0 Å². The highest BCUT2D eigenvalue weighted by Gasteiger charge is 2.23. The van der Waals surface area contributed by atoms with Crippen LogP contribution in [0.15, 0.2) is 173 Å². The van der Waals surface area contributed by atoms with Gasteiger partial charge in [-0.2, -0.15) is 0 Å². The van der Waals surface area contributed by atoms with Crippen molar-refractivity contribution in [2.24, 2.45) is 9.98 Å². The van der Waals surface area contributed by atoms with Crippen molar-refractivity contribution in [3.05, 3.63) is 190 Å². The number of amidine groups is 2. The number of rotatable bonds is 7. The summed E-state index contributed by atoms with van der Waals surface area (Å²) in [7, 11) is 0. The van der Waals surface area contributed by atoms with E-state index in [1.807, 2.05) is 55.5 Å². The summed E-state index contributed by atoms with van der Waals surface area (Å²) >= 11 is 0. The lowest BCUT2D eigenvalue weighted by atomic mass is 9.92. The molecule has 0 spiro atoms. The molecule has 0 bridgehead atoms. The van der Waals surface area contributed by atoms with E-state index in [0.717, 1.165) is 50.2 Å². The fourth-order valence-electron chi connectivity index (χ4n) is 7.01. The van der Waals surface area contributed by atoms with Crippen molar-refractivity contribution >= 4 is 34.2 Å². The third-order valence-corrected chi connectivity index (χ3v) is 9.55. The molecule has 0 saturated carbocycles. The molecular weight excluding hydrogens is 633 g/mol. The number of benzene rings is 6. The average Bonchev–Trinajstić information content (AvgIpc) is 3.20. The Morgan fingerprint density at radius 2 is 1.40 bits per heavy atom. The Kier molecular flexibility index (Phi) is 8.92. The minimum atomic E-state index is -0.476. The minimum Gasteiger partial charge on any atom is -0.378 e. The molecule has 8 rings (SSSR count). The van der Waals surface area contributed by atoms with Gasteiger partial charge >= 0.3 is 0 Å². The molecule has 0 saturated heterocycles. The number of hydrogen-bond acceptors (Lipinski definition) is 4. The Bertz CT molecular complexity index is 2600. The Morgan fingerprint density at radius 1 is 0.692 bits per heavy atom. The van der Waals surface area contributed by atoms with E-state index in [4.69, 9.17) is 16.4 Å². The second-order valence-corrected chi connectivity index (χ2v) is 13.1. The van der Waals surface area contributed by atoms with Gasteiger partial charge in [0.25, 0.3) is 0 Å². The van der Waals surface area contributed by atoms with Crippen molar-refractivity contribution < 1.29 is 0 Å². The van der Waals surface area contributed by atoms with E-state index in [9.17, 15) is 0 Å². The fourth-order valence-corrected chi connectivity index (χ4v) is 7.01. The van der Waals surface area contributed by atoms with Gasteiger partial charge in [-0.05, 0) is 81.9 Å². The second kappa shape index (κ2) is 14.3. The highest BCUT2D eigenvalue weighted by molar-refractivity contribution is 6.14. The lowest BCUT2D eigenvalue weighted by molar-refractivity contribution is 0.735. The molecule has 0 radical (unpaired) electrons. The van der Waals surface area contributed by atoms with Crippen LogP contribution in [-0.4, -0.2) is 23.9 Å². The molecule has 52 heavy (non-hydrogen) atoms. The van der Waals surface area contributed by atoms with Gasteiger partial charge in [0.2, 0.25) is 0 Å². The first-order valence-corrected chi connectivity index (χ1v) is 17.7. The first-order chi connectivity index (χ1) is 25.6. The maximum Gasteiger partial charge on any atom is 0.159 e. The summed E-state index contributed by atoms with van der Waals surface area (Å²) in [6.07, 6.45) is 13.7. The van der Waals surface area contributed by atoms with Gasteiger partial charge < -0.3 is 10.6 Å². The lowest BCUT2D eigenvalue weighted by Gasteiger charge is -2.24. The molecule has 2 atom stereocenters. The van der Waals surface area contributed by atoms with Crippen LogP contribution in [0, 0.1) is 12.3 Å². The number of hydrogen-bond donors (Lipinski definition) is 2. The minimum absolute atomic E-state index is 0.240. The molecular formula is C48H38N4. The van der Waals surface area contributed by atoms with E-state index in [-0.39, 0.29) is 6.04 Å². The average molecular weight is 671 g/mol. The van der Waals surface area contributed by atoms with E-state index in [1.165, 1.54) is 21.2 Å². The zero-order valence-electron chi connectivity index (χ0n) is 29.2. The Morgan fingerprint density at radius 3 is 2.23 bits per heavy atom. The summed E-state index contributed by atoms with van der Waals surface area (Å²) in [4.78, 5) is 10.1. The maximum absolute atomic E-state index is 6.06. The summed E-state index contributed by atoms with van der Waals surface area (Å²) in [5.41, 5.74) is 9.35. The molecule has 2 aliphatic rings. The van der Waals surface area contributed by atoms with Gasteiger partial charge in [0.15, 0.2) is 12.0 Å². The van der Waals surface area contributed by atoms with Crippen molar-refractivity contribution in [2.75, 3.05) is 0 Å². The standard InChI is InChI=1S/C48H38N4/c1-4-6-15-33(5-2)46-50-47(37-17-8-7-9-18-37)52-48(51-46)41-30-39(29-40(31-41)43-23-14-20-35-16-10-12-21-42(35)43)34-24-26-36(27-25-34)45-44-22-13-11-19-38(44)28-32(3)49-45/h2,4,6-32,46,49H,1,3H3,(H,50,51,52)/b6-4-,33-15+. The molecule has 0 aromatic heterocycles. The van der Waals surface area contributed by atoms with Crippen LogP contribution in [0.2, 0.25) is 0 Å². The monoisotopic (exact) mass is 670 g/mol. The third kappa shape index (κ3) is 6.49. The van der Waals surface area contributed by atoms with Gasteiger partial charge in [0, 0.05) is 33.7 Å². The first kappa shape index (κ1) is 32.5. The lowest BCUT2D eigenvalue weighted by Crippen LogP contribution is -2.41. The summed E-state index contributed by atoms with van der Waals surface area (Å²) in [6.45, 7) is 4.16. The van der Waals surface area contributed by atoms with Gasteiger partial charge in [0.1, 0.15) is 5.84 Å². The van der Waals surface area contributed by atoms with Crippen LogP contribution < -0.4 is 21.1 Å². The van der Waals surface area contributed by atoms with Gasteiger partial charge in [-0.3, -0.25) is 0 Å². The molecule has 6 aromatic rings. The van der Waals surface area contributed by atoms with Gasteiger partial charge in [-0.15, -0.1) is 6.42 Å². The van der Waals surface area contributed by atoms with E-state index < -0.39 is 6.17 Å². The molecule has 0 aliphatic carbocycles. The van der Waals surface area contributed by atoms with Gasteiger partial charge in [-0.25, -0.2) is 9.98 Å². The number of terminal acetylenes is 1. The first-order valence-electron chi connectivity index (χ1n) is 17.7. The molecule has 2 N–H and O–H groups in total. The number of nitrogens with zero attached hydrogens (tertiary/aromatic N) is 2. The Labute approximate surface area is 305 Å². The second-order valence-electron chi connectivity index (χ2n) is 13.1. The quantitative estimate of drug-likeness (QED) is 0.133. The van der Waals surface area contributed by atoms with Crippen LogP contribution >= 0.6 is 0 Å². The van der Waals surface area contributed by atoms with Crippen molar-refractivity contribution in [2.45, 2.75) is 26.1 Å². The van der Waals surface area contributed by atoms with Gasteiger partial charge in [-0.1, -0.05) is 145 Å². The molecule has 6 aromatic carbocycles. The summed E-state index contributed by atoms with van der Waals surface area (Å²) in [5.74, 6) is 4.21. The van der Waals surface area contributed by atoms with Crippen LogP contribution in [0.4, 0.5) is 0 Å². The van der Waals surface area contributed by atoms with Crippen LogP contribution in [0.5, 0.6) is 0 Å². The summed E-state index contributed by atoms with van der Waals surface area (Å²) in [5, 5.41) is 12.2. The van der Waals surface area contributed by atoms with Crippen molar-refractivity contribution in [1.29, 1.82) is 0 Å². The zero-order chi connectivity index (χ0) is 35.4. The number of nitrogens with one attached hydrogen (secondary N) is 2. The van der Waals surface area contributed by atoms with Crippen LogP contribution in [0.3, 0.4) is 0 Å². The van der Waals surface area contributed by atoms with Crippen molar-refractivity contribution in [3.8, 4) is 34.6 Å². The SMILES string of the molecule is C#C/C(=C\C=C/C)C1N=C(c2ccccc2)N=C(c2cc(-c3ccc(C4=c5ccccc5=CC(C)N4)cc3)cc(-c3cccc4ccccc34)c2)N1. The normalized spacial score (nSPS) is 16.9. The number of allylic oxidation sites excluding steroid dienone is 3. The summed E-state index contributed by atoms with van der Waals surface area (Å²) in [6, 6.07) is 49.5. The fraction of sp³-hybridized carbons (Fsp3) is 0.0833. The van der Waals surface area contributed by atoms with E-state index >= 15 is 0 Å². The molecule has 4 heteroatoms. The molecule has 2 aliphatic heterocycles. The third-order valence-electron chi connectivity index (χ3n) is 9.55. The predicted molar refractivity (Wildman–Crippen MR) is 218 cm³/mol. The highest BCUT2D eigenvalue weighted by atomic mass is 15.2. The molecule has 0 fully saturated rings. The molecule has 4 nitrogen and oxygen atoms in total. The van der Waals surface area contributed by atoms with Crippen LogP contribution in [0.1, 0.15) is 30.5 Å². The summed E-state index contributed by atoms with van der Waals surface area (Å²) < 4.78 is 0. The van der Waals surface area contributed by atoms with Gasteiger partial charge in [0.05, 0.1) is 0 Å². The van der Waals surface area contributed by atoms with Crippen LogP contribution in [0.25, 0.3) is 44.8 Å². The topological polar surface area (TPSA) is 48.8 Å². The van der Waals surface area contributed by atoms with Crippen molar-refractivity contribution in [1.82, 2.24) is 10.6 Å². The largest absolute Gasteiger partial charge is 0.378 e.